The Balaban J connectivity index is 1.50. The highest BCUT2D eigenvalue weighted by Crippen LogP contribution is 2.30. The Morgan fingerprint density at radius 1 is 1.14 bits per heavy atom. The van der Waals surface area contributed by atoms with Crippen molar-refractivity contribution in [1.29, 1.82) is 0 Å². The largest absolute Gasteiger partial charge is 0.487 e. The average Bonchev–Trinajstić information content (AvgIpc) is 2.83. The number of anilines is 2. The predicted octanol–water partition coefficient (Wildman–Crippen LogP) is 4.03. The summed E-state index contributed by atoms with van der Waals surface area (Å²) < 4.78 is 83.8. The lowest BCUT2D eigenvalue weighted by Gasteiger charge is -2.35. The Kier molecular flexibility index (Phi) is 7.36. The number of halogens is 6. The van der Waals surface area contributed by atoms with Gasteiger partial charge in [0.2, 0.25) is 0 Å². The van der Waals surface area contributed by atoms with Crippen LogP contribution in [0, 0.1) is 11.6 Å². The number of ether oxygens (including phenoxy) is 1. The lowest BCUT2D eigenvalue weighted by Crippen LogP contribution is -2.42. The van der Waals surface area contributed by atoms with E-state index < -0.39 is 36.0 Å². The van der Waals surface area contributed by atoms with Crippen LogP contribution >= 0.6 is 0 Å². The van der Waals surface area contributed by atoms with Gasteiger partial charge in [-0.15, -0.1) is 0 Å². The molecule has 0 aliphatic carbocycles. The Morgan fingerprint density at radius 2 is 1.89 bits per heavy atom. The van der Waals surface area contributed by atoms with Gasteiger partial charge in [0.15, 0.2) is 23.2 Å². The molecule has 35 heavy (non-hydrogen) atoms. The molecule has 0 radical (unpaired) electrons. The monoisotopic (exact) mass is 504 g/mol. The van der Waals surface area contributed by atoms with Gasteiger partial charge in [0.1, 0.15) is 11.9 Å². The van der Waals surface area contributed by atoms with Gasteiger partial charge in [-0.3, -0.25) is 0 Å². The number of carbonyl (C=O) groups excluding carboxylic acids is 1. The second-order valence-electron chi connectivity index (χ2n) is 8.13. The van der Waals surface area contributed by atoms with Gasteiger partial charge < -0.3 is 19.9 Å². The summed E-state index contributed by atoms with van der Waals surface area (Å²) in [6.07, 6.45) is -2.02. The van der Waals surface area contributed by atoms with Gasteiger partial charge in [-0.2, -0.15) is 0 Å². The fraction of sp³-hybridized carbons (Fsp3) is 0.476. The fourth-order valence-corrected chi connectivity index (χ4v) is 4.04. The van der Waals surface area contributed by atoms with Crippen LogP contribution in [0.2, 0.25) is 0 Å². The van der Waals surface area contributed by atoms with E-state index in [-0.39, 0.29) is 43.0 Å². The average molecular weight is 504 g/mol. The van der Waals surface area contributed by atoms with E-state index in [0.717, 1.165) is 17.0 Å². The molecule has 1 N–H and O–H groups in total. The summed E-state index contributed by atoms with van der Waals surface area (Å²) in [5.74, 6) is -1.22. The maximum atomic E-state index is 13.9. The van der Waals surface area contributed by atoms with Gasteiger partial charge in [0.05, 0.1) is 24.5 Å². The first-order chi connectivity index (χ1) is 16.7. The zero-order valence-electron chi connectivity index (χ0n) is 18.4. The highest BCUT2D eigenvalue weighted by atomic mass is 19.4. The molecule has 8 nitrogen and oxygen atoms in total. The molecular formula is C21H22F6N6O2. The van der Waals surface area contributed by atoms with Crippen LogP contribution in [-0.2, 0) is 13.0 Å². The number of hydrogen-bond acceptors (Lipinski definition) is 6. The number of urea groups is 1. The van der Waals surface area contributed by atoms with Crippen molar-refractivity contribution >= 4 is 17.7 Å². The summed E-state index contributed by atoms with van der Waals surface area (Å²) in [7, 11) is 0. The lowest BCUT2D eigenvalue weighted by atomic mass is 10.1. The van der Waals surface area contributed by atoms with Crippen molar-refractivity contribution in [2.45, 2.75) is 38.3 Å². The van der Waals surface area contributed by atoms with E-state index in [1.54, 1.807) is 4.90 Å². The van der Waals surface area contributed by atoms with Crippen molar-refractivity contribution in [2.75, 3.05) is 36.4 Å². The maximum Gasteiger partial charge on any atom is 0.379 e. The second-order valence-corrected chi connectivity index (χ2v) is 8.13. The van der Waals surface area contributed by atoms with E-state index >= 15 is 0 Å². The van der Waals surface area contributed by atoms with Crippen LogP contribution in [0.1, 0.15) is 24.2 Å². The number of alkyl halides is 2. The van der Waals surface area contributed by atoms with E-state index in [0.29, 0.717) is 37.3 Å². The minimum Gasteiger partial charge on any atom is -0.487 e. The number of hydrogen-bond donors (Lipinski definition) is 1. The molecule has 3 heterocycles. The molecule has 14 heteroatoms. The van der Waals surface area contributed by atoms with Crippen molar-refractivity contribution < 1.29 is 36.1 Å². The standard InChI is InChI=1S/C21H22F6N6O2/c22-12-1-2-17(14(23)9-12)35-13-3-6-31(7-4-13)20-19(28-10-18(24)25)29-15-5-8-32(11-16(15)30-20)21(34)33(26)27/h1-2,9,13,18H,3-8,10-11H2,(H,28,29). The van der Waals surface area contributed by atoms with Crippen LogP contribution in [0.5, 0.6) is 5.75 Å². The van der Waals surface area contributed by atoms with Gasteiger partial charge in [-0.1, -0.05) is 8.96 Å². The molecule has 0 atom stereocenters. The van der Waals surface area contributed by atoms with Crippen molar-refractivity contribution in [1.82, 2.24) is 20.2 Å². The summed E-state index contributed by atoms with van der Waals surface area (Å²) in [5.41, 5.74) is 0.736. The highest BCUT2D eigenvalue weighted by Gasteiger charge is 2.31. The summed E-state index contributed by atoms with van der Waals surface area (Å²) in [6.45, 7) is -0.156. The molecule has 0 bridgehead atoms. The van der Waals surface area contributed by atoms with Crippen molar-refractivity contribution in [3.05, 3.63) is 41.2 Å². The van der Waals surface area contributed by atoms with Gasteiger partial charge in [-0.05, 0) is 12.1 Å². The Bertz CT molecular complexity index is 1070. The molecule has 2 amide bonds. The number of fused-ring (bicyclic) bond motifs is 1. The number of nitrogens with one attached hydrogen (secondary N) is 1. The molecule has 2 aromatic rings. The SMILES string of the molecule is O=C(N(F)F)N1CCc2nc(NCC(F)F)c(N3CCC(Oc4ccc(F)cc4F)CC3)nc2C1. The molecule has 1 aromatic carbocycles. The molecule has 0 unspecified atom stereocenters. The van der Waals surface area contributed by atoms with Crippen molar-refractivity contribution in [3.8, 4) is 5.75 Å². The molecule has 0 saturated carbocycles. The molecule has 1 fully saturated rings. The third-order valence-corrected chi connectivity index (χ3v) is 5.76. The molecule has 4 rings (SSSR count). The third kappa shape index (κ3) is 5.80. The number of carbonyl (C=O) groups is 1. The fourth-order valence-electron chi connectivity index (χ4n) is 4.04. The first-order valence-electron chi connectivity index (χ1n) is 10.9. The van der Waals surface area contributed by atoms with E-state index in [4.69, 9.17) is 4.74 Å². The van der Waals surface area contributed by atoms with Crippen LogP contribution in [0.3, 0.4) is 0 Å². The molecule has 1 aromatic heterocycles. The number of piperidine rings is 1. The normalized spacial score (nSPS) is 16.3. The third-order valence-electron chi connectivity index (χ3n) is 5.76. The number of rotatable bonds is 6. The number of nitrogens with zero attached hydrogens (tertiary/aromatic N) is 5. The first-order valence-corrected chi connectivity index (χ1v) is 10.9. The van der Waals surface area contributed by atoms with Crippen molar-refractivity contribution in [2.24, 2.45) is 0 Å². The Labute approximate surface area is 196 Å². The maximum absolute atomic E-state index is 13.9. The summed E-state index contributed by atoms with van der Waals surface area (Å²) >= 11 is 0. The zero-order chi connectivity index (χ0) is 25.1. The van der Waals surface area contributed by atoms with E-state index in [2.05, 4.69) is 15.3 Å². The van der Waals surface area contributed by atoms with Gasteiger partial charge in [-0.25, -0.2) is 32.3 Å². The zero-order valence-corrected chi connectivity index (χ0v) is 18.4. The Morgan fingerprint density at radius 3 is 2.54 bits per heavy atom. The van der Waals surface area contributed by atoms with Gasteiger partial charge in [0.25, 0.3) is 6.43 Å². The minimum absolute atomic E-state index is 0.0127. The predicted molar refractivity (Wildman–Crippen MR) is 112 cm³/mol. The second kappa shape index (κ2) is 10.4. The van der Waals surface area contributed by atoms with Crippen LogP contribution in [0.25, 0.3) is 0 Å². The van der Waals surface area contributed by atoms with Crippen LogP contribution in [-0.4, -0.2) is 65.0 Å². The van der Waals surface area contributed by atoms with Gasteiger partial charge in [0, 0.05) is 50.3 Å². The van der Waals surface area contributed by atoms with E-state index in [9.17, 15) is 31.3 Å². The van der Waals surface area contributed by atoms with Gasteiger partial charge >= 0.3 is 6.03 Å². The van der Waals surface area contributed by atoms with Crippen LogP contribution < -0.4 is 15.0 Å². The van der Waals surface area contributed by atoms with Crippen LogP contribution in [0.4, 0.5) is 43.0 Å². The molecule has 0 spiro atoms. The van der Waals surface area contributed by atoms with E-state index in [1.165, 1.54) is 6.07 Å². The first kappa shape index (κ1) is 24.7. The van der Waals surface area contributed by atoms with Crippen molar-refractivity contribution in [3.63, 3.8) is 0 Å². The number of benzene rings is 1. The lowest BCUT2D eigenvalue weighted by molar-refractivity contribution is -0.112. The molecule has 2 aliphatic rings. The molecular weight excluding hydrogens is 482 g/mol. The quantitative estimate of drug-likeness (QED) is 0.473. The Hall–Kier alpha value is -3.45. The smallest absolute Gasteiger partial charge is 0.379 e. The van der Waals surface area contributed by atoms with E-state index in [1.807, 2.05) is 0 Å². The topological polar surface area (TPSA) is 73.8 Å². The van der Waals surface area contributed by atoms with Crippen LogP contribution in [0.15, 0.2) is 18.2 Å². The summed E-state index contributed by atoms with van der Waals surface area (Å²) in [5, 5.41) is 1.08. The molecule has 1 saturated heterocycles. The minimum atomic E-state index is -2.64. The molecule has 190 valence electrons. The highest BCUT2D eigenvalue weighted by molar-refractivity contribution is 5.72. The number of aromatic nitrogens is 2. The number of amides is 2. The molecule has 2 aliphatic heterocycles. The summed E-state index contributed by atoms with van der Waals surface area (Å²) in [6, 6.07) is 1.56. The summed E-state index contributed by atoms with van der Waals surface area (Å²) in [4.78, 5) is 23.2.